The third-order valence-electron chi connectivity index (χ3n) is 3.10. The summed E-state index contributed by atoms with van der Waals surface area (Å²) in [6.45, 7) is 1.18. The van der Waals surface area contributed by atoms with Gasteiger partial charge < -0.3 is 9.64 Å². The molecular weight excluding hydrogens is 272 g/mol. The minimum Gasteiger partial charge on any atom is -0.475 e. The number of carbonyl (C=O) groups is 1. The molecule has 2 aliphatic rings. The maximum atomic E-state index is 11.7. The maximum Gasteiger partial charge on any atom is 0.223 e. The highest BCUT2D eigenvalue weighted by Gasteiger charge is 2.34. The lowest BCUT2D eigenvalue weighted by Gasteiger charge is -2.20. The molecule has 1 aromatic heterocycles. The van der Waals surface area contributed by atoms with Crippen LogP contribution in [0, 0.1) is 0 Å². The Balaban J connectivity index is 1.97. The number of hydrogen-bond donors (Lipinski definition) is 0. The van der Waals surface area contributed by atoms with Gasteiger partial charge in [-0.25, -0.2) is 4.98 Å². The molecule has 0 unspecified atom stereocenters. The Morgan fingerprint density at radius 1 is 1.56 bits per heavy atom. The zero-order valence-electron chi connectivity index (χ0n) is 8.65. The average molecular weight is 283 g/mol. The van der Waals surface area contributed by atoms with Gasteiger partial charge in [0.25, 0.3) is 0 Å². The van der Waals surface area contributed by atoms with Crippen molar-refractivity contribution in [2.24, 2.45) is 0 Å². The quantitative estimate of drug-likeness (QED) is 0.728. The Morgan fingerprint density at radius 3 is 3.31 bits per heavy atom. The van der Waals surface area contributed by atoms with Crippen molar-refractivity contribution in [2.75, 3.05) is 6.61 Å². The zero-order chi connectivity index (χ0) is 11.1. The van der Waals surface area contributed by atoms with E-state index in [1.54, 1.807) is 6.20 Å². The molecule has 0 aliphatic carbocycles. The third-order valence-corrected chi connectivity index (χ3v) is 3.53. The number of halogens is 1. The maximum absolute atomic E-state index is 11.7. The molecule has 0 bridgehead atoms. The highest BCUT2D eigenvalue weighted by molar-refractivity contribution is 9.10. The Kier molecular flexibility index (Phi) is 2.35. The van der Waals surface area contributed by atoms with Gasteiger partial charge in [0.2, 0.25) is 11.8 Å². The van der Waals surface area contributed by atoms with E-state index in [2.05, 4.69) is 20.9 Å². The summed E-state index contributed by atoms with van der Waals surface area (Å²) in [5, 5.41) is 0. The number of ether oxygens (including phenoxy) is 1. The van der Waals surface area contributed by atoms with Crippen molar-refractivity contribution in [1.29, 1.82) is 0 Å². The Morgan fingerprint density at radius 2 is 2.44 bits per heavy atom. The van der Waals surface area contributed by atoms with Crippen molar-refractivity contribution < 1.29 is 9.53 Å². The molecule has 3 heterocycles. The molecular formula is C11H11BrN2O2. The van der Waals surface area contributed by atoms with Gasteiger partial charge in [-0.05, 0) is 28.4 Å². The van der Waals surface area contributed by atoms with E-state index in [9.17, 15) is 4.79 Å². The van der Waals surface area contributed by atoms with Gasteiger partial charge >= 0.3 is 0 Å². The first-order valence-electron chi connectivity index (χ1n) is 5.31. The van der Waals surface area contributed by atoms with Gasteiger partial charge in [0.15, 0.2) is 0 Å². The third kappa shape index (κ3) is 1.59. The minimum absolute atomic E-state index is 0.223. The van der Waals surface area contributed by atoms with Gasteiger partial charge in [0.1, 0.15) is 6.61 Å². The van der Waals surface area contributed by atoms with Crippen LogP contribution in [0.4, 0.5) is 0 Å². The summed E-state index contributed by atoms with van der Waals surface area (Å²) in [5.41, 5.74) is 0.979. The number of fused-ring (bicyclic) bond motifs is 2. The van der Waals surface area contributed by atoms with Gasteiger partial charge in [-0.15, -0.1) is 0 Å². The van der Waals surface area contributed by atoms with Crippen LogP contribution in [0.5, 0.6) is 5.88 Å². The molecule has 2 aliphatic heterocycles. The van der Waals surface area contributed by atoms with E-state index in [1.807, 2.05) is 11.0 Å². The summed E-state index contributed by atoms with van der Waals surface area (Å²) in [5.74, 6) is 0.881. The SMILES string of the molecule is O=C1CC[C@H]2COc3ncc(Br)cc3CN12. The van der Waals surface area contributed by atoms with E-state index in [-0.39, 0.29) is 11.9 Å². The first-order chi connectivity index (χ1) is 7.74. The molecule has 84 valence electrons. The number of amides is 1. The van der Waals surface area contributed by atoms with Gasteiger partial charge in [0, 0.05) is 22.7 Å². The number of carbonyl (C=O) groups excluding carboxylic acids is 1. The van der Waals surface area contributed by atoms with Crippen molar-refractivity contribution in [2.45, 2.75) is 25.4 Å². The second-order valence-electron chi connectivity index (χ2n) is 4.14. The molecule has 0 N–H and O–H groups in total. The smallest absolute Gasteiger partial charge is 0.223 e. The van der Waals surface area contributed by atoms with Crippen LogP contribution in [-0.2, 0) is 11.3 Å². The zero-order valence-corrected chi connectivity index (χ0v) is 10.2. The van der Waals surface area contributed by atoms with Gasteiger partial charge in [0.05, 0.1) is 12.6 Å². The van der Waals surface area contributed by atoms with Crippen LogP contribution in [0.25, 0.3) is 0 Å². The molecule has 4 nitrogen and oxygen atoms in total. The second-order valence-corrected chi connectivity index (χ2v) is 5.06. The standard InChI is InChI=1S/C11H11BrN2O2/c12-8-3-7-5-14-9(1-2-10(14)15)6-16-11(7)13-4-8/h3-4,9H,1-2,5-6H2/t9-/m0/s1. The van der Waals surface area contributed by atoms with Crippen LogP contribution in [0.3, 0.4) is 0 Å². The average Bonchev–Trinajstić information content (AvgIpc) is 2.51. The molecule has 1 saturated heterocycles. The van der Waals surface area contributed by atoms with E-state index in [1.165, 1.54) is 0 Å². The Hall–Kier alpha value is -1.10. The fourth-order valence-electron chi connectivity index (χ4n) is 2.25. The summed E-state index contributed by atoms with van der Waals surface area (Å²) in [4.78, 5) is 17.8. The van der Waals surface area contributed by atoms with Crippen molar-refractivity contribution in [3.05, 3.63) is 22.3 Å². The number of aromatic nitrogens is 1. The highest BCUT2D eigenvalue weighted by Crippen LogP contribution is 2.30. The molecule has 1 atom stereocenters. The van der Waals surface area contributed by atoms with Crippen LogP contribution < -0.4 is 4.74 Å². The lowest BCUT2D eigenvalue weighted by molar-refractivity contribution is -0.129. The van der Waals surface area contributed by atoms with E-state index >= 15 is 0 Å². The lowest BCUT2D eigenvalue weighted by atomic mass is 10.2. The molecule has 0 saturated carbocycles. The highest BCUT2D eigenvalue weighted by atomic mass is 79.9. The fourth-order valence-corrected chi connectivity index (χ4v) is 2.63. The number of hydrogen-bond acceptors (Lipinski definition) is 3. The van der Waals surface area contributed by atoms with Crippen molar-refractivity contribution in [3.63, 3.8) is 0 Å². The monoisotopic (exact) mass is 282 g/mol. The molecule has 16 heavy (non-hydrogen) atoms. The Bertz CT molecular complexity index is 450. The van der Waals surface area contributed by atoms with Crippen LogP contribution in [0.2, 0.25) is 0 Å². The van der Waals surface area contributed by atoms with E-state index < -0.39 is 0 Å². The molecule has 0 aromatic carbocycles. The van der Waals surface area contributed by atoms with Crippen molar-refractivity contribution >= 4 is 21.8 Å². The second kappa shape index (κ2) is 3.73. The van der Waals surface area contributed by atoms with Gasteiger partial charge in [-0.2, -0.15) is 0 Å². The van der Waals surface area contributed by atoms with E-state index in [4.69, 9.17) is 4.74 Å². The van der Waals surface area contributed by atoms with Gasteiger partial charge in [-0.3, -0.25) is 4.79 Å². The predicted octanol–water partition coefficient (Wildman–Crippen LogP) is 1.73. The Labute approximate surface area is 102 Å². The number of rotatable bonds is 0. The van der Waals surface area contributed by atoms with Gasteiger partial charge in [-0.1, -0.05) is 0 Å². The number of nitrogens with zero attached hydrogens (tertiary/aromatic N) is 2. The summed E-state index contributed by atoms with van der Waals surface area (Å²) < 4.78 is 6.56. The summed E-state index contributed by atoms with van der Waals surface area (Å²) in [6, 6.07) is 2.19. The van der Waals surface area contributed by atoms with Crippen molar-refractivity contribution in [3.8, 4) is 5.88 Å². The molecule has 0 radical (unpaired) electrons. The van der Waals surface area contributed by atoms with Crippen molar-refractivity contribution in [1.82, 2.24) is 9.88 Å². The van der Waals surface area contributed by atoms with E-state index in [0.29, 0.717) is 25.5 Å². The largest absolute Gasteiger partial charge is 0.475 e. The van der Waals surface area contributed by atoms with E-state index in [0.717, 1.165) is 16.5 Å². The van der Waals surface area contributed by atoms with Crippen LogP contribution in [0.1, 0.15) is 18.4 Å². The van der Waals surface area contributed by atoms with Crippen LogP contribution in [-0.4, -0.2) is 28.4 Å². The first-order valence-corrected chi connectivity index (χ1v) is 6.10. The molecule has 0 spiro atoms. The predicted molar refractivity (Wildman–Crippen MR) is 61.0 cm³/mol. The topological polar surface area (TPSA) is 42.4 Å². The molecule has 3 rings (SSSR count). The molecule has 5 heteroatoms. The summed E-state index contributed by atoms with van der Waals surface area (Å²) >= 11 is 3.38. The summed E-state index contributed by atoms with van der Waals surface area (Å²) in [6.07, 6.45) is 3.26. The normalized spacial score (nSPS) is 23.4. The fraction of sp³-hybridized carbons (Fsp3) is 0.455. The molecule has 1 fully saturated rings. The minimum atomic E-state index is 0.223. The number of pyridine rings is 1. The summed E-state index contributed by atoms with van der Waals surface area (Å²) in [7, 11) is 0. The lowest BCUT2D eigenvalue weighted by Crippen LogP contribution is -2.34. The van der Waals surface area contributed by atoms with Crippen LogP contribution in [0.15, 0.2) is 16.7 Å². The van der Waals surface area contributed by atoms with Crippen LogP contribution >= 0.6 is 15.9 Å². The molecule has 1 amide bonds. The first kappa shape index (κ1) is 10.1. The molecule has 1 aromatic rings.